The molecule has 0 aromatic heterocycles. The summed E-state index contributed by atoms with van der Waals surface area (Å²) >= 11 is 0. The molecule has 0 bridgehead atoms. The van der Waals surface area contributed by atoms with Crippen molar-refractivity contribution < 1.29 is 70.3 Å². The van der Waals surface area contributed by atoms with Gasteiger partial charge in [-0.2, -0.15) is 33.7 Å². The first-order valence-electron chi connectivity index (χ1n) is 20.2. The molecule has 0 spiro atoms. The summed E-state index contributed by atoms with van der Waals surface area (Å²) in [6.07, 6.45) is 0. The van der Waals surface area contributed by atoms with Crippen LogP contribution < -0.4 is 21.3 Å². The lowest BCUT2D eigenvalue weighted by Gasteiger charge is -2.17. The van der Waals surface area contributed by atoms with Gasteiger partial charge in [-0.1, -0.05) is 36.4 Å². The van der Waals surface area contributed by atoms with Crippen molar-refractivity contribution in [3.63, 3.8) is 0 Å². The molecule has 6 rings (SSSR count). The van der Waals surface area contributed by atoms with Crippen LogP contribution in [0.3, 0.4) is 0 Å². The van der Waals surface area contributed by atoms with Crippen LogP contribution in [0.5, 0.6) is 0 Å². The highest BCUT2D eigenvalue weighted by Gasteiger charge is 2.26. The van der Waals surface area contributed by atoms with Gasteiger partial charge in [0.2, 0.25) is 0 Å². The highest BCUT2D eigenvalue weighted by molar-refractivity contribution is 7.87. The molecule has 0 saturated heterocycles. The molecule has 0 unspecified atom stereocenters. The molecule has 0 radical (unpaired) electrons. The molecule has 4 amide bonds. The normalized spacial score (nSPS) is 11.9. The summed E-state index contributed by atoms with van der Waals surface area (Å²) < 4.78 is 130. The van der Waals surface area contributed by atoms with Gasteiger partial charge in [0, 0.05) is 57.5 Å². The third kappa shape index (κ3) is 12.7. The molecule has 6 N–H and O–H groups in total. The number of hydrogen-bond donors (Lipinski definition) is 6. The molecule has 0 aliphatic heterocycles. The Morgan fingerprint density at radius 1 is 0.457 bits per heavy atom. The summed E-state index contributed by atoms with van der Waals surface area (Å²) in [6, 6.07) is 26.8. The predicted molar refractivity (Wildman–Crippen MR) is 258 cm³/mol. The number of benzene rings is 6. The fourth-order valence-corrected chi connectivity index (χ4v) is 10.2. The van der Waals surface area contributed by atoms with Gasteiger partial charge >= 0.3 is 0 Å². The molecule has 0 fully saturated rings. The van der Waals surface area contributed by atoms with Crippen LogP contribution in [-0.2, 0) is 60.3 Å². The van der Waals surface area contributed by atoms with E-state index in [2.05, 4.69) is 21.3 Å². The number of hydrogen-bond acceptors (Lipinski definition) is 14. The minimum Gasteiger partial charge on any atom is -0.355 e. The molecule has 70 heavy (non-hydrogen) atoms. The van der Waals surface area contributed by atoms with Crippen molar-refractivity contribution in [2.24, 2.45) is 0 Å². The standard InChI is InChI=1S/C46H42N4O16S4/c1-27-8-16-39(41(20-27)69(61,62)65-3)37-17-13-34(22-32(37)25-67(55,56)57)48-44(52)28-9-11-29(12-10-28)45(53)50-36-15-19-40(42(24-36)70(63,64)66-4)38-18-14-35(23-33(38)26-68(58,59)60)49-46(54)31-7-5-6-30(21-31)43(51)47-2/h5-24H,25-26H2,1-4H3,(H,47,51)(H,48,52)(H,49,54)(H,50,53)(H,55,56,57)(H,58,59,60). The largest absolute Gasteiger partial charge is 0.355 e. The lowest BCUT2D eigenvalue weighted by Crippen LogP contribution is -2.19. The third-order valence-corrected chi connectivity index (χ3v) is 14.3. The molecule has 0 aliphatic rings. The van der Waals surface area contributed by atoms with Crippen LogP contribution in [0.4, 0.5) is 17.1 Å². The van der Waals surface area contributed by atoms with Crippen molar-refractivity contribution in [3.05, 3.63) is 160 Å². The van der Waals surface area contributed by atoms with E-state index >= 15 is 0 Å². The summed E-state index contributed by atoms with van der Waals surface area (Å²) in [4.78, 5) is 51.3. The molecule has 0 saturated carbocycles. The lowest BCUT2D eigenvalue weighted by atomic mass is 9.98. The van der Waals surface area contributed by atoms with Crippen molar-refractivity contribution in [2.75, 3.05) is 37.2 Å². The molecule has 6 aromatic carbocycles. The molecule has 0 atom stereocenters. The van der Waals surface area contributed by atoms with Gasteiger partial charge in [-0.25, -0.2) is 0 Å². The average Bonchev–Trinajstić information content (AvgIpc) is 3.30. The van der Waals surface area contributed by atoms with E-state index in [1.165, 1.54) is 116 Å². The van der Waals surface area contributed by atoms with Gasteiger partial charge in [-0.3, -0.25) is 36.6 Å². The summed E-state index contributed by atoms with van der Waals surface area (Å²) in [5.41, 5.74) is 0.824. The van der Waals surface area contributed by atoms with E-state index in [0.717, 1.165) is 20.3 Å². The SMILES string of the molecule is CNC(=O)c1cccc(C(=O)Nc2ccc(-c3ccc(NC(=O)c4ccc(C(=O)Nc5ccc(-c6ccc(C)cc6S(=O)(=O)OC)c(CS(=O)(=O)O)c5)cc4)cc3S(=O)(=O)OC)c(CS(=O)(=O)O)c2)c1. The molecular weight excluding hydrogens is 993 g/mol. The van der Waals surface area contributed by atoms with E-state index in [1.54, 1.807) is 13.0 Å². The van der Waals surface area contributed by atoms with Crippen LogP contribution in [0.2, 0.25) is 0 Å². The van der Waals surface area contributed by atoms with Gasteiger partial charge in [0.15, 0.2) is 0 Å². The Bertz CT molecular complexity index is 3550. The number of carbonyl (C=O) groups excluding carboxylic acids is 4. The van der Waals surface area contributed by atoms with Gasteiger partial charge < -0.3 is 21.3 Å². The highest BCUT2D eigenvalue weighted by Crippen LogP contribution is 2.37. The van der Waals surface area contributed by atoms with Crippen molar-refractivity contribution in [2.45, 2.75) is 28.2 Å². The second-order valence-corrected chi connectivity index (χ2v) is 21.5. The van der Waals surface area contributed by atoms with Crippen molar-refractivity contribution in [1.29, 1.82) is 0 Å². The van der Waals surface area contributed by atoms with Crippen molar-refractivity contribution in [1.82, 2.24) is 5.32 Å². The number of amides is 4. The van der Waals surface area contributed by atoms with Crippen molar-refractivity contribution >= 4 is 81.2 Å². The predicted octanol–water partition coefficient (Wildman–Crippen LogP) is 5.89. The van der Waals surface area contributed by atoms with E-state index in [4.69, 9.17) is 8.37 Å². The highest BCUT2D eigenvalue weighted by atomic mass is 32.2. The van der Waals surface area contributed by atoms with Crippen LogP contribution in [0.25, 0.3) is 22.3 Å². The maximum Gasteiger partial charge on any atom is 0.297 e. The van der Waals surface area contributed by atoms with Gasteiger partial charge in [0.25, 0.3) is 64.1 Å². The Morgan fingerprint density at radius 2 is 0.829 bits per heavy atom. The second kappa shape index (κ2) is 20.8. The zero-order chi connectivity index (χ0) is 51.3. The fraction of sp³-hybridized carbons (Fsp3) is 0.130. The number of carbonyl (C=O) groups is 4. The zero-order valence-electron chi connectivity index (χ0n) is 37.2. The number of rotatable bonds is 17. The van der Waals surface area contributed by atoms with E-state index < -0.39 is 80.5 Å². The third-order valence-electron chi connectivity index (χ3n) is 10.4. The fourth-order valence-electron chi connectivity index (χ4n) is 7.10. The molecule has 24 heteroatoms. The smallest absolute Gasteiger partial charge is 0.297 e. The maximum absolute atomic E-state index is 13.4. The lowest BCUT2D eigenvalue weighted by molar-refractivity contribution is 0.0961. The Morgan fingerprint density at radius 3 is 1.24 bits per heavy atom. The van der Waals surface area contributed by atoms with Gasteiger partial charge in [-0.05, 0) is 120 Å². The number of aryl methyl sites for hydroxylation is 1. The van der Waals surface area contributed by atoms with Crippen LogP contribution >= 0.6 is 0 Å². The van der Waals surface area contributed by atoms with E-state index in [-0.39, 0.29) is 77.6 Å². The van der Waals surface area contributed by atoms with E-state index in [9.17, 15) is 62.0 Å². The summed E-state index contributed by atoms with van der Waals surface area (Å²) in [7, 11) is -15.0. The average molecular weight is 1040 g/mol. The van der Waals surface area contributed by atoms with Crippen LogP contribution in [-0.4, -0.2) is 87.7 Å². The molecular formula is C46H42N4O16S4. The number of nitrogens with one attached hydrogen (secondary N) is 4. The van der Waals surface area contributed by atoms with Crippen LogP contribution in [0, 0.1) is 6.92 Å². The van der Waals surface area contributed by atoms with E-state index in [0.29, 0.717) is 5.56 Å². The summed E-state index contributed by atoms with van der Waals surface area (Å²) in [5.74, 6) is -4.55. The molecule has 0 heterocycles. The Hall–Kier alpha value is -7.16. The first-order chi connectivity index (χ1) is 32.8. The molecule has 20 nitrogen and oxygen atoms in total. The first-order valence-corrected chi connectivity index (χ1v) is 26.2. The van der Waals surface area contributed by atoms with Crippen LogP contribution in [0.1, 0.15) is 58.1 Å². The van der Waals surface area contributed by atoms with Gasteiger partial charge in [0.05, 0.1) is 14.2 Å². The quantitative estimate of drug-likeness (QED) is 0.0458. The molecule has 366 valence electrons. The summed E-state index contributed by atoms with van der Waals surface area (Å²) in [5, 5.41) is 10.2. The maximum atomic E-state index is 13.4. The van der Waals surface area contributed by atoms with Crippen molar-refractivity contribution in [3.8, 4) is 22.3 Å². The van der Waals surface area contributed by atoms with Gasteiger partial charge in [0.1, 0.15) is 21.3 Å². The first kappa shape index (κ1) is 52.2. The molecule has 0 aliphatic carbocycles. The Balaban J connectivity index is 1.24. The topological polar surface area (TPSA) is 312 Å². The van der Waals surface area contributed by atoms with Crippen LogP contribution in [0.15, 0.2) is 131 Å². The minimum absolute atomic E-state index is 0.00455. The Kier molecular flexibility index (Phi) is 15.5. The minimum atomic E-state index is -4.75. The molecule has 6 aromatic rings. The monoisotopic (exact) mass is 1030 g/mol. The van der Waals surface area contributed by atoms with Gasteiger partial charge in [-0.15, -0.1) is 0 Å². The Labute approximate surface area is 402 Å². The second-order valence-electron chi connectivity index (χ2n) is 15.2. The summed E-state index contributed by atoms with van der Waals surface area (Å²) in [6.45, 7) is 1.65. The van der Waals surface area contributed by atoms with E-state index in [1.807, 2.05) is 0 Å². The zero-order valence-corrected chi connectivity index (χ0v) is 40.5. The number of anilines is 3.